The van der Waals surface area contributed by atoms with Gasteiger partial charge in [0.05, 0.1) is 12.7 Å². The van der Waals surface area contributed by atoms with E-state index in [0.717, 1.165) is 42.7 Å². The third kappa shape index (κ3) is 5.73. The maximum Gasteiger partial charge on any atom is 0.459 e. The maximum absolute atomic E-state index is 13.8. The Morgan fingerprint density at radius 1 is 1.28 bits per heavy atom. The standard InChI is InChI=1S/C22H29N6O7P/c1-22(26-27-23)19(30)17(34-20(22)28-13-12-18(29)24-21(28)31)14-33-36(32,25-15-8-4-2-5-9-15)35-16-10-6-3-7-11-16/h3,6-7,10-13,15,17,19-20,30H,2,4-5,8-9,14H2,1H3,(H,25,32)(H,24,29,31)/t17-,19-,20-,22-,36?/m1/s1. The van der Waals surface area contributed by atoms with Crippen molar-refractivity contribution < 1.29 is 23.5 Å². The molecule has 2 heterocycles. The third-order valence-electron chi connectivity index (χ3n) is 6.44. The van der Waals surface area contributed by atoms with Crippen LogP contribution in [0.15, 0.2) is 57.3 Å². The molecule has 2 fully saturated rings. The summed E-state index contributed by atoms with van der Waals surface area (Å²) in [5.41, 5.74) is 6.06. The van der Waals surface area contributed by atoms with E-state index in [1.165, 1.54) is 13.1 Å². The summed E-state index contributed by atoms with van der Waals surface area (Å²) >= 11 is 0. The van der Waals surface area contributed by atoms with Crippen molar-refractivity contribution in [3.63, 3.8) is 0 Å². The number of aromatic nitrogens is 2. The SMILES string of the molecule is C[C@@]1(N=[N+]=[N-])[C@H](O)[C@@H](COP(=O)(NC2CCCCC2)Oc2ccccc2)O[C@H]1n1ccc(=O)[nH]c1=O. The van der Waals surface area contributed by atoms with Crippen LogP contribution < -0.4 is 20.9 Å². The van der Waals surface area contributed by atoms with Gasteiger partial charge >= 0.3 is 13.4 Å². The molecular formula is C22H29N6O7P. The summed E-state index contributed by atoms with van der Waals surface area (Å²) in [6, 6.07) is 9.61. The molecule has 13 nitrogen and oxygen atoms in total. The van der Waals surface area contributed by atoms with Gasteiger partial charge in [0, 0.05) is 23.2 Å². The Morgan fingerprint density at radius 2 is 2.00 bits per heavy atom. The van der Waals surface area contributed by atoms with Crippen LogP contribution in [-0.2, 0) is 13.8 Å². The molecule has 2 aliphatic rings. The Balaban J connectivity index is 1.56. The van der Waals surface area contributed by atoms with E-state index < -0.39 is 49.6 Å². The number of nitrogens with one attached hydrogen (secondary N) is 2. The molecule has 194 valence electrons. The van der Waals surface area contributed by atoms with E-state index in [9.17, 15) is 19.3 Å². The number of hydrogen-bond donors (Lipinski definition) is 3. The molecule has 1 aromatic heterocycles. The van der Waals surface area contributed by atoms with Crippen LogP contribution >= 0.6 is 7.75 Å². The van der Waals surface area contributed by atoms with Gasteiger partial charge in [-0.25, -0.2) is 14.4 Å². The average Bonchev–Trinajstić information content (AvgIpc) is 3.09. The minimum absolute atomic E-state index is 0.0661. The molecule has 1 unspecified atom stereocenters. The van der Waals surface area contributed by atoms with Crippen molar-refractivity contribution in [2.45, 2.75) is 69.0 Å². The highest BCUT2D eigenvalue weighted by atomic mass is 31.2. The number of para-hydroxylation sites is 1. The van der Waals surface area contributed by atoms with Gasteiger partial charge < -0.3 is 14.4 Å². The van der Waals surface area contributed by atoms with E-state index in [-0.39, 0.29) is 6.04 Å². The van der Waals surface area contributed by atoms with Gasteiger partial charge in [-0.15, -0.1) is 0 Å². The van der Waals surface area contributed by atoms with Crippen molar-refractivity contribution >= 4 is 7.75 Å². The van der Waals surface area contributed by atoms with Gasteiger partial charge in [-0.2, -0.15) is 0 Å². The number of H-pyrrole nitrogens is 1. The second-order valence-corrected chi connectivity index (χ2v) is 10.8. The Kier molecular flexibility index (Phi) is 7.99. The fourth-order valence-electron chi connectivity index (χ4n) is 4.53. The third-order valence-corrected chi connectivity index (χ3v) is 8.06. The van der Waals surface area contributed by atoms with Crippen molar-refractivity contribution in [2.24, 2.45) is 5.11 Å². The normalized spacial score (nSPS) is 28.2. The lowest BCUT2D eigenvalue weighted by Gasteiger charge is -2.29. The molecule has 4 rings (SSSR count). The van der Waals surface area contributed by atoms with Gasteiger partial charge in [-0.3, -0.25) is 18.9 Å². The van der Waals surface area contributed by atoms with Gasteiger partial charge in [0.2, 0.25) is 0 Å². The number of ether oxygens (including phenoxy) is 1. The molecule has 14 heteroatoms. The van der Waals surface area contributed by atoms with Crippen LogP contribution in [0.3, 0.4) is 0 Å². The molecule has 1 aliphatic carbocycles. The van der Waals surface area contributed by atoms with Crippen LogP contribution in [0.4, 0.5) is 0 Å². The number of rotatable bonds is 9. The smallest absolute Gasteiger partial charge is 0.413 e. The quantitative estimate of drug-likeness (QED) is 0.195. The summed E-state index contributed by atoms with van der Waals surface area (Å²) in [6.07, 6.45) is 2.08. The first-order valence-electron chi connectivity index (χ1n) is 11.7. The predicted octanol–water partition coefficient (Wildman–Crippen LogP) is 2.99. The number of aromatic amines is 1. The molecule has 1 aromatic carbocycles. The van der Waals surface area contributed by atoms with E-state index in [4.69, 9.17) is 19.3 Å². The molecule has 3 N–H and O–H groups in total. The Labute approximate surface area is 206 Å². The van der Waals surface area contributed by atoms with Gasteiger partial charge in [0.1, 0.15) is 17.4 Å². The van der Waals surface area contributed by atoms with Crippen LogP contribution in [0, 0.1) is 0 Å². The number of aliphatic hydroxyl groups is 1. The topological polar surface area (TPSA) is 181 Å². The Bertz CT molecular complexity index is 1260. The van der Waals surface area contributed by atoms with E-state index in [0.29, 0.717) is 5.75 Å². The van der Waals surface area contributed by atoms with Crippen molar-refractivity contribution in [2.75, 3.05) is 6.61 Å². The number of hydrogen-bond acceptors (Lipinski definition) is 8. The highest BCUT2D eigenvalue weighted by molar-refractivity contribution is 7.52. The predicted molar refractivity (Wildman–Crippen MR) is 129 cm³/mol. The molecule has 1 aliphatic heterocycles. The summed E-state index contributed by atoms with van der Waals surface area (Å²) in [6.45, 7) is 1.02. The van der Waals surface area contributed by atoms with Gasteiger partial charge in [0.15, 0.2) is 6.23 Å². The van der Waals surface area contributed by atoms with E-state index >= 15 is 0 Å². The van der Waals surface area contributed by atoms with Gasteiger partial charge in [-0.1, -0.05) is 42.6 Å². The molecule has 36 heavy (non-hydrogen) atoms. The second-order valence-electron chi connectivity index (χ2n) is 9.07. The molecule has 2 aromatic rings. The molecule has 0 spiro atoms. The molecule has 0 amide bonds. The van der Waals surface area contributed by atoms with E-state index in [1.54, 1.807) is 30.3 Å². The first-order valence-corrected chi connectivity index (χ1v) is 13.3. The van der Waals surface area contributed by atoms with Crippen molar-refractivity contribution in [1.29, 1.82) is 0 Å². The fraction of sp³-hybridized carbons (Fsp3) is 0.545. The lowest BCUT2D eigenvalue weighted by atomic mass is 9.93. The Hall–Kier alpha value is -2.92. The summed E-state index contributed by atoms with van der Waals surface area (Å²) in [5, 5.41) is 17.7. The number of benzene rings is 1. The largest absolute Gasteiger partial charge is 0.459 e. The molecule has 1 saturated heterocycles. The molecule has 1 saturated carbocycles. The molecular weight excluding hydrogens is 491 g/mol. The summed E-state index contributed by atoms with van der Waals surface area (Å²) in [4.78, 5) is 28.8. The van der Waals surface area contributed by atoms with Crippen LogP contribution in [0.5, 0.6) is 5.75 Å². The molecule has 0 bridgehead atoms. The van der Waals surface area contributed by atoms with Crippen molar-refractivity contribution in [3.8, 4) is 5.75 Å². The first-order chi connectivity index (χ1) is 17.2. The van der Waals surface area contributed by atoms with Crippen LogP contribution in [0.2, 0.25) is 0 Å². The zero-order valence-electron chi connectivity index (χ0n) is 19.7. The maximum atomic E-state index is 13.8. The summed E-state index contributed by atoms with van der Waals surface area (Å²) < 4.78 is 32.2. The lowest BCUT2D eigenvalue weighted by molar-refractivity contribution is -0.0457. The molecule has 0 radical (unpaired) electrons. The second kappa shape index (κ2) is 11.0. The van der Waals surface area contributed by atoms with Gasteiger partial charge in [0.25, 0.3) is 5.56 Å². The summed E-state index contributed by atoms with van der Waals surface area (Å²) in [7, 11) is -3.91. The minimum atomic E-state index is -3.91. The van der Waals surface area contributed by atoms with E-state index in [2.05, 4.69) is 20.1 Å². The van der Waals surface area contributed by atoms with Crippen molar-refractivity contribution in [3.05, 3.63) is 73.9 Å². The fourth-order valence-corrected chi connectivity index (χ4v) is 6.16. The highest BCUT2D eigenvalue weighted by Crippen LogP contribution is 2.48. The van der Waals surface area contributed by atoms with E-state index in [1.807, 2.05) is 0 Å². The van der Waals surface area contributed by atoms with Crippen LogP contribution in [0.25, 0.3) is 10.4 Å². The zero-order chi connectivity index (χ0) is 25.8. The van der Waals surface area contributed by atoms with Gasteiger partial charge in [-0.05, 0) is 37.4 Å². The summed E-state index contributed by atoms with van der Waals surface area (Å²) in [5.74, 6) is 0.341. The lowest BCUT2D eigenvalue weighted by Crippen LogP contribution is -2.45. The zero-order valence-corrected chi connectivity index (χ0v) is 20.6. The number of azide groups is 1. The van der Waals surface area contributed by atoms with Crippen LogP contribution in [-0.4, -0.2) is 45.1 Å². The minimum Gasteiger partial charge on any atom is -0.413 e. The monoisotopic (exact) mass is 520 g/mol. The number of aliphatic hydroxyl groups excluding tert-OH is 1. The molecule has 5 atom stereocenters. The Morgan fingerprint density at radius 3 is 2.67 bits per heavy atom. The number of nitrogens with zero attached hydrogens (tertiary/aromatic N) is 4. The van der Waals surface area contributed by atoms with Crippen molar-refractivity contribution in [1.82, 2.24) is 14.6 Å². The first kappa shape index (κ1) is 26.2. The highest BCUT2D eigenvalue weighted by Gasteiger charge is 2.54. The van der Waals surface area contributed by atoms with Crippen LogP contribution in [0.1, 0.15) is 45.3 Å². The average molecular weight is 520 g/mol.